The highest BCUT2D eigenvalue weighted by molar-refractivity contribution is 6.35. The van der Waals surface area contributed by atoms with E-state index >= 15 is 0 Å². The number of halogens is 1. The van der Waals surface area contributed by atoms with Crippen LogP contribution in [-0.2, 0) is 14.9 Å². The van der Waals surface area contributed by atoms with Gasteiger partial charge < -0.3 is 30.3 Å². The number of hydrogen-bond donors (Lipinski definition) is 3. The highest BCUT2D eigenvalue weighted by Gasteiger charge is 2.34. The second-order valence-corrected chi connectivity index (χ2v) is 12.9. The molecule has 1 aliphatic carbocycles. The van der Waals surface area contributed by atoms with Crippen molar-refractivity contribution >= 4 is 40.6 Å². The molecule has 13 heteroatoms. The van der Waals surface area contributed by atoms with Crippen molar-refractivity contribution in [2.75, 3.05) is 61.2 Å². The number of methoxy groups -OCH3 is 1. The zero-order valence-corrected chi connectivity index (χ0v) is 26.1. The molecule has 0 radical (unpaired) electrons. The van der Waals surface area contributed by atoms with Gasteiger partial charge in [0.05, 0.1) is 18.8 Å². The predicted octanol–water partition coefficient (Wildman–Crippen LogP) is 4.92. The molecular weight excluding hydrogens is 570 g/mol. The summed E-state index contributed by atoms with van der Waals surface area (Å²) in [5.74, 6) is 2.84. The molecule has 2 aliphatic heterocycles. The average molecular weight is 610 g/mol. The van der Waals surface area contributed by atoms with Gasteiger partial charge in [0, 0.05) is 69.1 Å². The van der Waals surface area contributed by atoms with Gasteiger partial charge in [0.15, 0.2) is 23.7 Å². The molecule has 1 saturated heterocycles. The fourth-order valence-corrected chi connectivity index (χ4v) is 5.88. The third kappa shape index (κ3) is 6.36. The number of amides is 1. The van der Waals surface area contributed by atoms with Crippen LogP contribution in [0.1, 0.15) is 51.8 Å². The lowest BCUT2D eigenvalue weighted by Gasteiger charge is -2.24. The van der Waals surface area contributed by atoms with E-state index in [0.29, 0.717) is 39.9 Å². The Labute approximate surface area is 257 Å². The summed E-state index contributed by atoms with van der Waals surface area (Å²) in [5, 5.41) is 15.3. The molecule has 3 aliphatic rings. The Kier molecular flexibility index (Phi) is 8.10. The average Bonchev–Trinajstić information content (AvgIpc) is 3.42. The van der Waals surface area contributed by atoms with Crippen molar-refractivity contribution in [3.63, 3.8) is 0 Å². The number of nitrogens with one attached hydrogen (secondary N) is 3. The van der Waals surface area contributed by atoms with Crippen LogP contribution in [0, 0.1) is 5.92 Å². The monoisotopic (exact) mass is 609 g/mol. The van der Waals surface area contributed by atoms with E-state index in [0.717, 1.165) is 51.3 Å². The third-order valence-electron chi connectivity index (χ3n) is 8.13. The Bertz CT molecular complexity index is 1490. The topological polar surface area (TPSA) is 122 Å². The van der Waals surface area contributed by atoms with Gasteiger partial charge in [-0.25, -0.2) is 9.97 Å². The number of carbonyl (C=O) groups excluding carboxylic acids is 1. The summed E-state index contributed by atoms with van der Waals surface area (Å²) in [4.78, 5) is 25.4. The lowest BCUT2D eigenvalue weighted by Crippen LogP contribution is -2.39. The summed E-state index contributed by atoms with van der Waals surface area (Å²) in [5.41, 5.74) is 1.83. The first-order valence-corrected chi connectivity index (χ1v) is 15.2. The molecule has 43 heavy (non-hydrogen) atoms. The highest BCUT2D eigenvalue weighted by atomic mass is 35.5. The van der Waals surface area contributed by atoms with E-state index in [9.17, 15) is 4.79 Å². The van der Waals surface area contributed by atoms with E-state index in [1.165, 1.54) is 5.69 Å². The molecule has 1 unspecified atom stereocenters. The highest BCUT2D eigenvalue weighted by Crippen LogP contribution is 2.44. The van der Waals surface area contributed by atoms with Gasteiger partial charge in [-0.15, -0.1) is 0 Å². The second-order valence-electron chi connectivity index (χ2n) is 12.5. The van der Waals surface area contributed by atoms with Gasteiger partial charge in [0.25, 0.3) is 0 Å². The number of aromatic nitrogens is 4. The molecule has 3 aromatic heterocycles. The van der Waals surface area contributed by atoms with Gasteiger partial charge in [0.2, 0.25) is 5.91 Å². The zero-order chi connectivity index (χ0) is 30.3. The first-order chi connectivity index (χ1) is 20.6. The van der Waals surface area contributed by atoms with Gasteiger partial charge in [-0.05, 0) is 25.3 Å². The van der Waals surface area contributed by atoms with E-state index in [4.69, 9.17) is 26.2 Å². The standard InChI is InChI=1S/C30H40ClN9O3/c1-30(2,3)22-15-24(37-40(22)19-9-11-39(17-19)12-13-42-5)35-29-36-27-26(38(29)4)25(31)21(16-33-27)43-20-8-10-32-23(14-20)34-28(41)18-6-7-18/h8,10,14-16,18-19,29H,6-7,9,11-13,17H2,1-5H3,(H,33,36)(H,35,37)(H,32,34,41)/t19-,29?/m1/s1. The van der Waals surface area contributed by atoms with Gasteiger partial charge >= 0.3 is 0 Å². The molecular formula is C30H40ClN9O3. The van der Waals surface area contributed by atoms with Gasteiger partial charge in [-0.3, -0.25) is 14.4 Å². The number of hydrogen-bond acceptors (Lipinski definition) is 10. The smallest absolute Gasteiger partial charge is 0.228 e. The van der Waals surface area contributed by atoms with Crippen molar-refractivity contribution in [3.05, 3.63) is 41.3 Å². The molecule has 1 saturated carbocycles. The Hall–Kier alpha value is -3.61. The lowest BCUT2D eigenvalue weighted by molar-refractivity contribution is -0.117. The summed E-state index contributed by atoms with van der Waals surface area (Å²) in [6.07, 6.45) is 5.75. The van der Waals surface area contributed by atoms with Crippen LogP contribution in [0.15, 0.2) is 30.6 Å². The maximum atomic E-state index is 12.2. The summed E-state index contributed by atoms with van der Waals surface area (Å²) in [7, 11) is 3.69. The fourth-order valence-electron chi connectivity index (χ4n) is 5.57. The van der Waals surface area contributed by atoms with Crippen LogP contribution in [-0.4, -0.2) is 77.2 Å². The van der Waals surface area contributed by atoms with Crippen LogP contribution >= 0.6 is 11.6 Å². The van der Waals surface area contributed by atoms with Crippen LogP contribution in [0.25, 0.3) is 0 Å². The zero-order valence-electron chi connectivity index (χ0n) is 25.4. The number of fused-ring (bicyclic) bond motifs is 1. The van der Waals surface area contributed by atoms with Crippen molar-refractivity contribution in [1.82, 2.24) is 24.6 Å². The van der Waals surface area contributed by atoms with Crippen LogP contribution in [0.5, 0.6) is 11.5 Å². The number of pyridine rings is 2. The van der Waals surface area contributed by atoms with Crippen molar-refractivity contribution in [2.24, 2.45) is 5.92 Å². The van der Waals surface area contributed by atoms with Crippen molar-refractivity contribution in [1.29, 1.82) is 0 Å². The Balaban J connectivity index is 1.16. The molecule has 230 valence electrons. The molecule has 12 nitrogen and oxygen atoms in total. The first-order valence-electron chi connectivity index (χ1n) is 14.8. The summed E-state index contributed by atoms with van der Waals surface area (Å²) in [6, 6.07) is 5.84. The number of ether oxygens (including phenoxy) is 2. The number of anilines is 4. The van der Waals surface area contributed by atoms with E-state index in [-0.39, 0.29) is 23.5 Å². The lowest BCUT2D eigenvalue weighted by atomic mass is 9.91. The van der Waals surface area contributed by atoms with E-state index < -0.39 is 0 Å². The normalized spacial score (nSPS) is 20.2. The van der Waals surface area contributed by atoms with Crippen LogP contribution in [0.2, 0.25) is 5.02 Å². The molecule has 0 spiro atoms. The maximum absolute atomic E-state index is 12.2. The molecule has 2 atom stereocenters. The van der Waals surface area contributed by atoms with E-state index in [1.807, 2.05) is 11.9 Å². The third-order valence-corrected chi connectivity index (χ3v) is 8.49. The molecule has 3 aromatic rings. The minimum absolute atomic E-state index is 0.0140. The number of nitrogens with zero attached hydrogens (tertiary/aromatic N) is 6. The first kappa shape index (κ1) is 29.5. The molecule has 1 amide bonds. The van der Waals surface area contributed by atoms with Crippen LogP contribution in [0.4, 0.5) is 23.1 Å². The number of likely N-dealkylation sites (tertiary alicyclic amines) is 1. The quantitative estimate of drug-likeness (QED) is 0.292. The molecule has 6 rings (SSSR count). The van der Waals surface area contributed by atoms with Crippen LogP contribution < -0.4 is 25.6 Å². The fraction of sp³-hybridized carbons (Fsp3) is 0.533. The van der Waals surface area contributed by atoms with Crippen molar-refractivity contribution in [3.8, 4) is 11.5 Å². The van der Waals surface area contributed by atoms with Crippen molar-refractivity contribution in [2.45, 2.75) is 57.8 Å². The summed E-state index contributed by atoms with van der Waals surface area (Å²) >= 11 is 6.87. The molecule has 5 heterocycles. The molecule has 2 fully saturated rings. The Morgan fingerprint density at radius 1 is 1.19 bits per heavy atom. The predicted molar refractivity (Wildman–Crippen MR) is 167 cm³/mol. The minimum atomic E-state index is -0.321. The van der Waals surface area contributed by atoms with Gasteiger partial charge in [0.1, 0.15) is 22.3 Å². The Morgan fingerprint density at radius 2 is 2.00 bits per heavy atom. The molecule has 0 aromatic carbocycles. The largest absolute Gasteiger partial charge is 0.454 e. The van der Waals surface area contributed by atoms with Gasteiger partial charge in [-0.2, -0.15) is 5.10 Å². The van der Waals surface area contributed by atoms with Crippen molar-refractivity contribution < 1.29 is 14.3 Å². The molecule has 0 bridgehead atoms. The number of carbonyl (C=O) groups is 1. The minimum Gasteiger partial charge on any atom is -0.454 e. The van der Waals surface area contributed by atoms with E-state index in [1.54, 1.807) is 31.6 Å². The molecule has 3 N–H and O–H groups in total. The maximum Gasteiger partial charge on any atom is 0.228 e. The summed E-state index contributed by atoms with van der Waals surface area (Å²) in [6.45, 7) is 10.3. The number of rotatable bonds is 10. The summed E-state index contributed by atoms with van der Waals surface area (Å²) < 4.78 is 13.6. The second kappa shape index (κ2) is 11.8. The SMILES string of the molecule is COCCN1CC[C@@H](n2nc(NC3Nc4ncc(Oc5ccnc(NC(=O)C6CC6)c5)c(Cl)c4N3C)cc2C(C)(C)C)C1. The Morgan fingerprint density at radius 3 is 2.74 bits per heavy atom. The van der Waals surface area contributed by atoms with Crippen LogP contribution in [0.3, 0.4) is 0 Å². The van der Waals surface area contributed by atoms with Gasteiger partial charge in [-0.1, -0.05) is 32.4 Å². The van der Waals surface area contributed by atoms with E-state index in [2.05, 4.69) is 62.3 Å².